The normalized spacial score (nSPS) is 41.2. The molecule has 0 radical (unpaired) electrons. The van der Waals surface area contributed by atoms with Crippen molar-refractivity contribution in [2.24, 2.45) is 10.8 Å². The molecule has 2 atom stereocenters. The molecule has 1 saturated heterocycles. The van der Waals surface area contributed by atoms with Gasteiger partial charge in [0.2, 0.25) is 0 Å². The van der Waals surface area contributed by atoms with Crippen LogP contribution in [0, 0.1) is 10.8 Å². The van der Waals surface area contributed by atoms with E-state index in [0.717, 1.165) is 0 Å². The quantitative estimate of drug-likeness (QED) is 0.471. The second kappa shape index (κ2) is 4.84. The molecule has 0 N–H and O–H groups in total. The van der Waals surface area contributed by atoms with Gasteiger partial charge < -0.3 is 0 Å². The van der Waals surface area contributed by atoms with Gasteiger partial charge in [-0.05, 0) is 50.4 Å². The van der Waals surface area contributed by atoms with Gasteiger partial charge in [-0.15, -0.1) is 23.5 Å². The highest BCUT2D eigenvalue weighted by atomic mass is 32.2. The molecular weight excluding hydrogens is 292 g/mol. The van der Waals surface area contributed by atoms with Crippen LogP contribution >= 0.6 is 23.5 Å². The van der Waals surface area contributed by atoms with Crippen molar-refractivity contribution in [3.63, 3.8) is 0 Å². The van der Waals surface area contributed by atoms with Crippen molar-refractivity contribution in [3.8, 4) is 0 Å². The predicted molar refractivity (Wildman–Crippen MR) is 99.1 cm³/mol. The van der Waals surface area contributed by atoms with Crippen LogP contribution in [0.1, 0.15) is 67.2 Å². The molecule has 0 amide bonds. The number of fused-ring (bicyclic) bond motifs is 1. The molecule has 0 nitrogen and oxygen atoms in total. The lowest BCUT2D eigenvalue weighted by Crippen LogP contribution is -2.51. The van der Waals surface area contributed by atoms with Crippen molar-refractivity contribution in [1.29, 1.82) is 0 Å². The maximum Gasteiger partial charge on any atom is 0.0537 e. The first-order valence-electron chi connectivity index (χ1n) is 8.22. The summed E-state index contributed by atoms with van der Waals surface area (Å²) in [6.07, 6.45) is 10.5. The Kier molecular flexibility index (Phi) is 3.70. The largest absolute Gasteiger partial charge is 0.138 e. The number of hydrogen-bond donors (Lipinski definition) is 0. The van der Waals surface area contributed by atoms with Gasteiger partial charge in [-0.2, -0.15) is 0 Å². The zero-order chi connectivity index (χ0) is 15.5. The third-order valence-corrected chi connectivity index (χ3v) is 8.66. The Bertz CT molecular complexity index is 466. The molecule has 2 aliphatic carbocycles. The minimum absolute atomic E-state index is 0.322. The van der Waals surface area contributed by atoms with Crippen LogP contribution in [0.5, 0.6) is 0 Å². The van der Waals surface area contributed by atoms with E-state index in [1.165, 1.54) is 30.8 Å². The molecule has 118 valence electrons. The topological polar surface area (TPSA) is 0 Å². The molecule has 2 spiro atoms. The van der Waals surface area contributed by atoms with Crippen molar-refractivity contribution in [3.05, 3.63) is 23.3 Å². The van der Waals surface area contributed by atoms with E-state index in [-0.39, 0.29) is 0 Å². The van der Waals surface area contributed by atoms with Gasteiger partial charge >= 0.3 is 0 Å². The number of allylic oxidation sites excluding steroid dienone is 2. The molecule has 3 aliphatic rings. The summed E-state index contributed by atoms with van der Waals surface area (Å²) in [5.41, 5.74) is 4.09. The molecule has 1 aliphatic heterocycles. The molecule has 0 aromatic carbocycles. The third kappa shape index (κ3) is 2.76. The molecule has 2 heteroatoms. The second-order valence-corrected chi connectivity index (χ2v) is 12.2. The summed E-state index contributed by atoms with van der Waals surface area (Å²) in [4.78, 5) is 0. The van der Waals surface area contributed by atoms with Crippen molar-refractivity contribution in [2.75, 3.05) is 5.08 Å². The first-order valence-corrected chi connectivity index (χ1v) is 10.2. The molecule has 2 unspecified atom stereocenters. The first-order chi connectivity index (χ1) is 9.57. The fourth-order valence-corrected chi connectivity index (χ4v) is 9.85. The van der Waals surface area contributed by atoms with E-state index >= 15 is 0 Å². The summed E-state index contributed by atoms with van der Waals surface area (Å²) in [6, 6.07) is 0. The van der Waals surface area contributed by atoms with Crippen molar-refractivity contribution < 1.29 is 0 Å². The summed E-state index contributed by atoms with van der Waals surface area (Å²) in [6.45, 7) is 14.6. The average Bonchev–Trinajstić information content (AvgIpc) is 2.48. The highest BCUT2D eigenvalue weighted by Crippen LogP contribution is 2.66. The summed E-state index contributed by atoms with van der Waals surface area (Å²) in [5, 5.41) is 1.25. The van der Waals surface area contributed by atoms with Gasteiger partial charge in [0.25, 0.3) is 0 Å². The number of thioether (sulfide) groups is 2. The first kappa shape index (κ1) is 16.1. The number of rotatable bonds is 0. The molecular formula is C19H30S2. The molecule has 0 saturated carbocycles. The molecule has 3 rings (SSSR count). The maximum atomic E-state index is 2.66. The fraction of sp³-hybridized carbons (Fsp3) is 0.789. The SMILES string of the molecule is CC1=CC2(CC(C)(C)C1)SCSC21C=C(C)CC(C)(C)C1. The van der Waals surface area contributed by atoms with Gasteiger partial charge in [0.1, 0.15) is 0 Å². The van der Waals surface area contributed by atoms with Gasteiger partial charge in [-0.1, -0.05) is 51.0 Å². The van der Waals surface area contributed by atoms with Gasteiger partial charge in [0, 0.05) is 5.08 Å². The Morgan fingerprint density at radius 1 is 0.762 bits per heavy atom. The summed E-state index contributed by atoms with van der Waals surface area (Å²) in [7, 11) is 0. The Labute approximate surface area is 139 Å². The lowest BCUT2D eigenvalue weighted by molar-refractivity contribution is 0.222. The van der Waals surface area contributed by atoms with Crippen LogP contribution in [0.25, 0.3) is 0 Å². The Hall–Kier alpha value is 0.180. The standard InChI is InChI=1S/C19H30S2/c1-14-7-16(3,4)11-18(9-14)19(21-13-20-18)10-15(2)8-17(5,6)12-19/h9-10H,7-8,11-13H2,1-6H3. The lowest BCUT2D eigenvalue weighted by atomic mass is 9.62. The van der Waals surface area contributed by atoms with E-state index in [0.29, 0.717) is 20.3 Å². The average molecular weight is 323 g/mol. The van der Waals surface area contributed by atoms with Crippen LogP contribution in [0.4, 0.5) is 0 Å². The Morgan fingerprint density at radius 3 is 1.48 bits per heavy atom. The van der Waals surface area contributed by atoms with Crippen LogP contribution < -0.4 is 0 Å². The van der Waals surface area contributed by atoms with Crippen molar-refractivity contribution >= 4 is 23.5 Å². The minimum atomic E-state index is 0.322. The highest BCUT2D eigenvalue weighted by molar-refractivity contribution is 8.21. The van der Waals surface area contributed by atoms with Crippen LogP contribution in [0.2, 0.25) is 0 Å². The van der Waals surface area contributed by atoms with E-state index < -0.39 is 0 Å². The van der Waals surface area contributed by atoms with Gasteiger partial charge in [-0.25, -0.2) is 0 Å². The molecule has 0 aromatic heterocycles. The van der Waals surface area contributed by atoms with Crippen LogP contribution in [-0.4, -0.2) is 14.6 Å². The zero-order valence-electron chi connectivity index (χ0n) is 14.5. The summed E-state index contributed by atoms with van der Waals surface area (Å²) >= 11 is 4.44. The maximum absolute atomic E-state index is 2.66. The van der Waals surface area contributed by atoms with E-state index in [4.69, 9.17) is 0 Å². The summed E-state index contributed by atoms with van der Waals surface area (Å²) < 4.78 is 0.644. The minimum Gasteiger partial charge on any atom is -0.138 e. The van der Waals surface area contributed by atoms with Gasteiger partial charge in [-0.3, -0.25) is 0 Å². The second-order valence-electron chi connectivity index (χ2n) is 9.20. The van der Waals surface area contributed by atoms with Crippen molar-refractivity contribution in [2.45, 2.75) is 76.7 Å². The van der Waals surface area contributed by atoms with Gasteiger partial charge in [0.15, 0.2) is 0 Å². The van der Waals surface area contributed by atoms with Crippen LogP contribution in [-0.2, 0) is 0 Å². The van der Waals surface area contributed by atoms with E-state index in [9.17, 15) is 0 Å². The molecule has 0 bridgehead atoms. The van der Waals surface area contributed by atoms with E-state index in [2.05, 4.69) is 77.2 Å². The number of hydrogen-bond acceptors (Lipinski definition) is 2. The predicted octanol–water partition coefficient (Wildman–Crippen LogP) is 6.43. The monoisotopic (exact) mass is 322 g/mol. The third-order valence-electron chi connectivity index (χ3n) is 5.31. The van der Waals surface area contributed by atoms with E-state index in [1.54, 1.807) is 11.1 Å². The Balaban J connectivity index is 2.10. The molecule has 0 aromatic rings. The Morgan fingerprint density at radius 2 is 1.14 bits per heavy atom. The molecule has 1 heterocycles. The lowest BCUT2D eigenvalue weighted by Gasteiger charge is -2.52. The fourth-order valence-electron chi connectivity index (χ4n) is 5.27. The molecule has 21 heavy (non-hydrogen) atoms. The smallest absolute Gasteiger partial charge is 0.0537 e. The molecule has 1 fully saturated rings. The van der Waals surface area contributed by atoms with Gasteiger partial charge in [0.05, 0.1) is 9.49 Å². The van der Waals surface area contributed by atoms with E-state index in [1.807, 2.05) is 0 Å². The zero-order valence-corrected chi connectivity index (χ0v) is 16.1. The summed E-state index contributed by atoms with van der Waals surface area (Å²) in [5.74, 6) is 0. The highest BCUT2D eigenvalue weighted by Gasteiger charge is 2.59. The van der Waals surface area contributed by atoms with Crippen LogP contribution in [0.15, 0.2) is 23.3 Å². The van der Waals surface area contributed by atoms with Crippen LogP contribution in [0.3, 0.4) is 0 Å². The van der Waals surface area contributed by atoms with Crippen molar-refractivity contribution in [1.82, 2.24) is 0 Å².